The van der Waals surface area contributed by atoms with Crippen LogP contribution in [0.15, 0.2) is 53.7 Å². The van der Waals surface area contributed by atoms with Crippen molar-refractivity contribution in [3.8, 4) is 0 Å². The Balaban J connectivity index is 1.84. The fourth-order valence-corrected chi connectivity index (χ4v) is 4.26. The molecule has 0 amide bonds. The average Bonchev–Trinajstić information content (AvgIpc) is 2.63. The molecule has 0 radical (unpaired) electrons. The lowest BCUT2D eigenvalue weighted by molar-refractivity contribution is -0.688. The van der Waals surface area contributed by atoms with E-state index in [0.29, 0.717) is 38.4 Å². The number of nitrogens with zero attached hydrogens (tertiary/aromatic N) is 2. The largest absolute Gasteiger partial charge is 0.379 e. The molecule has 7 heteroatoms. The van der Waals surface area contributed by atoms with E-state index in [1.165, 1.54) is 11.2 Å². The molecule has 25 heavy (non-hydrogen) atoms. The average molecular weight is 361 g/mol. The summed E-state index contributed by atoms with van der Waals surface area (Å²) in [7, 11) is -3.51. The van der Waals surface area contributed by atoms with Gasteiger partial charge in [0.2, 0.25) is 10.0 Å². The molecule has 1 aromatic heterocycles. The minimum absolute atomic E-state index is 0.00186. The van der Waals surface area contributed by atoms with Gasteiger partial charge in [0.25, 0.3) is 0 Å². The molecule has 1 fully saturated rings. The molecule has 0 spiro atoms. The first kappa shape index (κ1) is 17.7. The summed E-state index contributed by atoms with van der Waals surface area (Å²) in [6.45, 7) is 3.62. The van der Waals surface area contributed by atoms with E-state index in [2.05, 4.69) is 0 Å². The quantitative estimate of drug-likeness (QED) is 0.594. The number of hydrogen-bond donors (Lipinski definition) is 0. The Hall–Kier alpha value is -2.09. The van der Waals surface area contributed by atoms with Crippen LogP contribution in [0, 0.1) is 0 Å². The topological polar surface area (TPSA) is 67.6 Å². The zero-order chi connectivity index (χ0) is 17.9. The molecule has 1 saturated heterocycles. The predicted molar refractivity (Wildman–Crippen MR) is 91.8 cm³/mol. The number of ketones is 1. The third kappa shape index (κ3) is 4.12. The fraction of sp³-hybridized carbons (Fsp3) is 0.333. The van der Waals surface area contributed by atoms with Crippen molar-refractivity contribution in [2.45, 2.75) is 18.4 Å². The number of hydrogen-bond acceptors (Lipinski definition) is 4. The Labute approximate surface area is 147 Å². The number of sulfonamides is 1. The van der Waals surface area contributed by atoms with Crippen molar-refractivity contribution in [3.05, 3.63) is 59.9 Å². The Kier molecular flexibility index (Phi) is 5.27. The van der Waals surface area contributed by atoms with Gasteiger partial charge in [-0.05, 0) is 25.1 Å². The van der Waals surface area contributed by atoms with Gasteiger partial charge in [0, 0.05) is 24.7 Å². The Morgan fingerprint density at radius 3 is 2.68 bits per heavy atom. The molecule has 0 bridgehead atoms. The van der Waals surface area contributed by atoms with Crippen LogP contribution in [-0.2, 0) is 21.3 Å². The van der Waals surface area contributed by atoms with Crippen molar-refractivity contribution < 1.29 is 22.5 Å². The van der Waals surface area contributed by atoms with Crippen molar-refractivity contribution in [2.24, 2.45) is 0 Å². The maximum absolute atomic E-state index is 12.8. The maximum Gasteiger partial charge on any atom is 0.243 e. The van der Waals surface area contributed by atoms with E-state index in [1.54, 1.807) is 30.5 Å². The molecule has 1 aliphatic heterocycles. The Morgan fingerprint density at radius 1 is 1.20 bits per heavy atom. The monoisotopic (exact) mass is 361 g/mol. The van der Waals surface area contributed by atoms with Crippen molar-refractivity contribution in [3.63, 3.8) is 0 Å². The molecular weight excluding hydrogens is 340 g/mol. The highest BCUT2D eigenvalue weighted by atomic mass is 32.2. The second-order valence-electron chi connectivity index (χ2n) is 5.99. The molecule has 6 nitrogen and oxygen atoms in total. The number of pyridine rings is 1. The summed E-state index contributed by atoms with van der Waals surface area (Å²) in [4.78, 5) is 11.8. The van der Waals surface area contributed by atoms with E-state index >= 15 is 0 Å². The van der Waals surface area contributed by atoms with E-state index in [9.17, 15) is 13.2 Å². The minimum atomic E-state index is -3.51. The Morgan fingerprint density at radius 2 is 1.96 bits per heavy atom. The highest BCUT2D eigenvalue weighted by Gasteiger charge is 2.26. The number of morpholine rings is 1. The molecule has 0 unspecified atom stereocenters. The molecule has 3 rings (SSSR count). The summed E-state index contributed by atoms with van der Waals surface area (Å²) in [5.74, 6) is -0.00186. The summed E-state index contributed by atoms with van der Waals surface area (Å²) in [5, 5.41) is 0. The molecule has 0 aliphatic carbocycles. The summed E-state index contributed by atoms with van der Waals surface area (Å²) >= 11 is 0. The van der Waals surface area contributed by atoms with Crippen molar-refractivity contribution in [1.82, 2.24) is 4.31 Å². The number of carbonyl (C=O) groups is 1. The number of aromatic nitrogens is 1. The van der Waals surface area contributed by atoms with Gasteiger partial charge >= 0.3 is 0 Å². The summed E-state index contributed by atoms with van der Waals surface area (Å²) in [5.41, 5.74) is 1.49. The number of carbonyl (C=O) groups excluding carboxylic acids is 1. The Bertz CT molecular complexity index is 874. The van der Waals surface area contributed by atoms with Gasteiger partial charge in [-0.2, -0.15) is 4.31 Å². The molecule has 0 atom stereocenters. The zero-order valence-corrected chi connectivity index (χ0v) is 14.9. The van der Waals surface area contributed by atoms with Crippen LogP contribution < -0.4 is 4.57 Å². The predicted octanol–water partition coefficient (Wildman–Crippen LogP) is 1.25. The lowest BCUT2D eigenvalue weighted by Crippen LogP contribution is -2.40. The van der Waals surface area contributed by atoms with Crippen LogP contribution in [0.25, 0.3) is 0 Å². The zero-order valence-electron chi connectivity index (χ0n) is 14.1. The maximum atomic E-state index is 12.8. The van der Waals surface area contributed by atoms with Gasteiger partial charge in [-0.25, -0.2) is 13.0 Å². The van der Waals surface area contributed by atoms with Crippen LogP contribution in [0.2, 0.25) is 0 Å². The normalized spacial score (nSPS) is 15.9. The molecule has 132 valence electrons. The van der Waals surface area contributed by atoms with Gasteiger partial charge in [-0.1, -0.05) is 12.1 Å². The summed E-state index contributed by atoms with van der Waals surface area (Å²) in [6, 6.07) is 10.5. The van der Waals surface area contributed by atoms with Gasteiger partial charge in [-0.15, -0.1) is 0 Å². The molecule has 2 heterocycles. The van der Waals surface area contributed by atoms with Crippen LogP contribution >= 0.6 is 0 Å². The standard InChI is InChI=1S/C18H21N2O4S/c1-15(21)17-5-3-7-19(14-17)13-16-4-2-6-18(12-16)25(22,23)20-8-10-24-11-9-20/h2-7,12,14H,8-11,13H2,1H3/q+1. The molecule has 1 aromatic carbocycles. The van der Waals surface area contributed by atoms with Gasteiger partial charge < -0.3 is 4.74 Å². The van der Waals surface area contributed by atoms with Crippen LogP contribution in [0.5, 0.6) is 0 Å². The number of Topliss-reactive ketones (excluding diaryl/α,β-unsaturated/α-hetero) is 1. The number of ether oxygens (including phenoxy) is 1. The number of benzene rings is 1. The second-order valence-corrected chi connectivity index (χ2v) is 7.92. The van der Waals surface area contributed by atoms with E-state index in [-0.39, 0.29) is 10.7 Å². The first-order valence-corrected chi connectivity index (χ1v) is 9.58. The lowest BCUT2D eigenvalue weighted by atomic mass is 10.2. The summed E-state index contributed by atoms with van der Waals surface area (Å²) in [6.07, 6.45) is 3.63. The highest BCUT2D eigenvalue weighted by molar-refractivity contribution is 7.89. The third-order valence-electron chi connectivity index (χ3n) is 4.14. The third-order valence-corrected chi connectivity index (χ3v) is 6.03. The van der Waals surface area contributed by atoms with Crippen molar-refractivity contribution in [1.29, 1.82) is 0 Å². The van der Waals surface area contributed by atoms with E-state index in [4.69, 9.17) is 4.74 Å². The van der Waals surface area contributed by atoms with E-state index in [0.717, 1.165) is 5.56 Å². The van der Waals surface area contributed by atoms with E-state index in [1.807, 2.05) is 22.9 Å². The number of rotatable bonds is 5. The van der Waals surface area contributed by atoms with Crippen molar-refractivity contribution in [2.75, 3.05) is 26.3 Å². The highest BCUT2D eigenvalue weighted by Crippen LogP contribution is 2.18. The molecular formula is C18H21N2O4S+. The first-order chi connectivity index (χ1) is 12.0. The summed E-state index contributed by atoms with van der Waals surface area (Å²) < 4.78 is 34.1. The van der Waals surface area contributed by atoms with Gasteiger partial charge in [0.05, 0.1) is 23.7 Å². The minimum Gasteiger partial charge on any atom is -0.379 e. The molecule has 2 aromatic rings. The molecule has 0 saturated carbocycles. The van der Waals surface area contributed by atoms with E-state index < -0.39 is 10.0 Å². The molecule has 0 N–H and O–H groups in total. The van der Waals surface area contributed by atoms with Gasteiger partial charge in [-0.3, -0.25) is 4.79 Å². The van der Waals surface area contributed by atoms with Crippen LogP contribution in [0.1, 0.15) is 22.8 Å². The van der Waals surface area contributed by atoms with Crippen molar-refractivity contribution >= 4 is 15.8 Å². The lowest BCUT2D eigenvalue weighted by Gasteiger charge is -2.26. The molecule has 1 aliphatic rings. The first-order valence-electron chi connectivity index (χ1n) is 8.14. The second kappa shape index (κ2) is 7.43. The van der Waals surface area contributed by atoms with Crippen LogP contribution in [0.4, 0.5) is 0 Å². The van der Waals surface area contributed by atoms with Crippen LogP contribution in [-0.4, -0.2) is 44.8 Å². The smallest absolute Gasteiger partial charge is 0.243 e. The fourth-order valence-electron chi connectivity index (χ4n) is 2.78. The van der Waals surface area contributed by atoms with Crippen LogP contribution in [0.3, 0.4) is 0 Å². The SMILES string of the molecule is CC(=O)c1ccc[n+](Cc2cccc(S(=O)(=O)N3CCOCC3)c2)c1. The van der Waals surface area contributed by atoms with Gasteiger partial charge in [0.15, 0.2) is 24.7 Å². The van der Waals surface area contributed by atoms with Gasteiger partial charge in [0.1, 0.15) is 0 Å².